The Morgan fingerprint density at radius 1 is 1.03 bits per heavy atom. The molecule has 0 bridgehead atoms. The number of nitrogens with zero attached hydrogens (tertiary/aromatic N) is 2. The topological polar surface area (TPSA) is 70.1 Å². The van der Waals surface area contributed by atoms with Gasteiger partial charge in [0.25, 0.3) is 11.8 Å². The highest BCUT2D eigenvalue weighted by molar-refractivity contribution is 6.21. The first-order valence-corrected chi connectivity index (χ1v) is 10.7. The lowest BCUT2D eigenvalue weighted by Gasteiger charge is -2.31. The molecule has 6 nitrogen and oxygen atoms in total. The molecule has 30 heavy (non-hydrogen) atoms. The zero-order chi connectivity index (χ0) is 20.9. The van der Waals surface area contributed by atoms with E-state index in [1.807, 2.05) is 18.2 Å². The minimum absolute atomic E-state index is 0.222. The number of carbonyl (C=O) groups excluding carboxylic acids is 2. The molecule has 6 heteroatoms. The number of likely N-dealkylation sites (tertiary alicyclic amines) is 1. The normalized spacial score (nSPS) is 19.2. The lowest BCUT2D eigenvalue weighted by molar-refractivity contribution is 0.0646. The third-order valence-electron chi connectivity index (χ3n) is 5.84. The van der Waals surface area contributed by atoms with E-state index >= 15 is 0 Å². The monoisotopic (exact) mass is 408 g/mol. The van der Waals surface area contributed by atoms with E-state index in [0.717, 1.165) is 38.2 Å². The zero-order valence-electron chi connectivity index (χ0n) is 17.1. The van der Waals surface area contributed by atoms with Gasteiger partial charge in [-0.05, 0) is 61.6 Å². The number of fused-ring (bicyclic) bond motifs is 1. The fourth-order valence-corrected chi connectivity index (χ4v) is 4.29. The Kier molecular flexibility index (Phi) is 6.45. The van der Waals surface area contributed by atoms with Gasteiger partial charge >= 0.3 is 0 Å². The number of hydrogen-bond donors (Lipinski definition) is 1. The van der Waals surface area contributed by atoms with Gasteiger partial charge in [-0.3, -0.25) is 19.4 Å². The Hall–Kier alpha value is -2.70. The van der Waals surface area contributed by atoms with Crippen LogP contribution in [0.1, 0.15) is 45.5 Å². The van der Waals surface area contributed by atoms with E-state index in [1.54, 1.807) is 24.3 Å². The molecule has 2 amide bonds. The van der Waals surface area contributed by atoms with E-state index < -0.39 is 0 Å². The van der Waals surface area contributed by atoms with Crippen LogP contribution >= 0.6 is 0 Å². The zero-order valence-corrected chi connectivity index (χ0v) is 17.1. The largest absolute Gasteiger partial charge is 0.494 e. The van der Waals surface area contributed by atoms with Gasteiger partial charge in [-0.1, -0.05) is 24.3 Å². The van der Waals surface area contributed by atoms with Gasteiger partial charge in [-0.15, -0.1) is 0 Å². The van der Waals surface area contributed by atoms with Crippen LogP contribution in [-0.4, -0.2) is 59.6 Å². The fourth-order valence-electron chi connectivity index (χ4n) is 4.29. The molecule has 1 N–H and O–H groups in total. The molecule has 2 aliphatic rings. The van der Waals surface area contributed by atoms with E-state index in [-0.39, 0.29) is 18.4 Å². The number of amides is 2. The van der Waals surface area contributed by atoms with E-state index in [0.29, 0.717) is 36.6 Å². The van der Waals surface area contributed by atoms with Gasteiger partial charge in [0.15, 0.2) is 0 Å². The number of rotatable bonds is 8. The van der Waals surface area contributed by atoms with Gasteiger partial charge in [0.05, 0.1) is 17.7 Å². The van der Waals surface area contributed by atoms with Gasteiger partial charge in [0.2, 0.25) is 0 Å². The summed E-state index contributed by atoms with van der Waals surface area (Å²) in [5, 5.41) is 9.41. The summed E-state index contributed by atoms with van der Waals surface area (Å²) in [7, 11) is 0. The minimum Gasteiger partial charge on any atom is -0.494 e. The number of aliphatic hydroxyl groups is 1. The maximum absolute atomic E-state index is 12.4. The number of carbonyl (C=O) groups is 2. The van der Waals surface area contributed by atoms with Crippen molar-refractivity contribution in [2.75, 3.05) is 32.8 Å². The molecule has 0 spiro atoms. The molecule has 1 atom stereocenters. The van der Waals surface area contributed by atoms with Gasteiger partial charge < -0.3 is 9.84 Å². The number of hydrogen-bond acceptors (Lipinski definition) is 5. The molecular formula is C24H28N2O4. The molecule has 4 rings (SSSR count). The number of imide groups is 1. The second-order valence-electron chi connectivity index (χ2n) is 8.08. The van der Waals surface area contributed by atoms with Crippen molar-refractivity contribution in [2.24, 2.45) is 5.92 Å². The quantitative estimate of drug-likeness (QED) is 0.537. The SMILES string of the molecule is O=C1c2ccccc2C(=O)N1CCCOc1cccc(CN2CCCC(CO)C2)c1. The number of benzene rings is 2. The predicted octanol–water partition coefficient (Wildman–Crippen LogP) is 2.96. The Morgan fingerprint density at radius 3 is 2.53 bits per heavy atom. The van der Waals surface area contributed by atoms with Crippen molar-refractivity contribution in [1.82, 2.24) is 9.80 Å². The van der Waals surface area contributed by atoms with E-state index in [2.05, 4.69) is 11.0 Å². The van der Waals surface area contributed by atoms with Crippen LogP contribution in [0, 0.1) is 5.92 Å². The first-order chi connectivity index (χ1) is 14.7. The average molecular weight is 408 g/mol. The van der Waals surface area contributed by atoms with Gasteiger partial charge in [0.1, 0.15) is 5.75 Å². The third-order valence-corrected chi connectivity index (χ3v) is 5.84. The molecular weight excluding hydrogens is 380 g/mol. The van der Waals surface area contributed by atoms with Gasteiger partial charge in [-0.25, -0.2) is 0 Å². The van der Waals surface area contributed by atoms with Crippen LogP contribution in [0.4, 0.5) is 0 Å². The van der Waals surface area contributed by atoms with Crippen molar-refractivity contribution in [2.45, 2.75) is 25.8 Å². The summed E-state index contributed by atoms with van der Waals surface area (Å²) < 4.78 is 5.88. The summed E-state index contributed by atoms with van der Waals surface area (Å²) in [5.74, 6) is 0.728. The molecule has 2 aliphatic heterocycles. The molecule has 158 valence electrons. The predicted molar refractivity (Wildman–Crippen MR) is 113 cm³/mol. The summed E-state index contributed by atoms with van der Waals surface area (Å²) >= 11 is 0. The number of piperidine rings is 1. The lowest BCUT2D eigenvalue weighted by Crippen LogP contribution is -2.36. The summed E-state index contributed by atoms with van der Waals surface area (Å²) in [5.41, 5.74) is 2.15. The van der Waals surface area contributed by atoms with Crippen LogP contribution in [-0.2, 0) is 6.54 Å². The van der Waals surface area contributed by atoms with Crippen molar-refractivity contribution < 1.29 is 19.4 Å². The molecule has 2 aromatic carbocycles. The molecule has 0 radical (unpaired) electrons. The Bertz CT molecular complexity index is 879. The standard InChI is InChI=1S/C24H28N2O4/c27-17-19-7-4-11-25(16-19)15-18-6-3-8-20(14-18)30-13-5-12-26-23(28)21-9-1-2-10-22(21)24(26)29/h1-3,6,8-10,14,19,27H,4-5,7,11-13,15-17H2. The lowest BCUT2D eigenvalue weighted by atomic mass is 9.98. The van der Waals surface area contributed by atoms with Crippen molar-refractivity contribution in [1.29, 1.82) is 0 Å². The Balaban J connectivity index is 1.26. The molecule has 1 fully saturated rings. The minimum atomic E-state index is -0.222. The smallest absolute Gasteiger partial charge is 0.261 e. The van der Waals surface area contributed by atoms with Crippen LogP contribution in [0.3, 0.4) is 0 Å². The molecule has 1 saturated heterocycles. The van der Waals surface area contributed by atoms with Crippen molar-refractivity contribution in [3.05, 3.63) is 65.2 Å². The van der Waals surface area contributed by atoms with E-state index in [4.69, 9.17) is 4.74 Å². The highest BCUT2D eigenvalue weighted by atomic mass is 16.5. The second kappa shape index (κ2) is 9.41. The van der Waals surface area contributed by atoms with Crippen molar-refractivity contribution in [3.63, 3.8) is 0 Å². The number of ether oxygens (including phenoxy) is 1. The van der Waals surface area contributed by atoms with Crippen LogP contribution in [0.25, 0.3) is 0 Å². The van der Waals surface area contributed by atoms with E-state index in [1.165, 1.54) is 10.5 Å². The van der Waals surface area contributed by atoms with Crippen molar-refractivity contribution >= 4 is 11.8 Å². The molecule has 2 heterocycles. The van der Waals surface area contributed by atoms with Crippen LogP contribution in [0.2, 0.25) is 0 Å². The number of aliphatic hydroxyl groups excluding tert-OH is 1. The van der Waals surface area contributed by atoms with Crippen LogP contribution in [0.15, 0.2) is 48.5 Å². The molecule has 2 aromatic rings. The summed E-state index contributed by atoms with van der Waals surface area (Å²) in [4.78, 5) is 28.5. The first-order valence-electron chi connectivity index (χ1n) is 10.7. The van der Waals surface area contributed by atoms with Crippen LogP contribution in [0.5, 0.6) is 5.75 Å². The third kappa shape index (κ3) is 4.55. The molecule has 1 unspecified atom stereocenters. The Labute approximate surface area is 177 Å². The summed E-state index contributed by atoms with van der Waals surface area (Å²) in [6.07, 6.45) is 2.81. The maximum atomic E-state index is 12.4. The summed E-state index contributed by atoms with van der Waals surface area (Å²) in [6, 6.07) is 15.0. The highest BCUT2D eigenvalue weighted by Gasteiger charge is 2.34. The highest BCUT2D eigenvalue weighted by Crippen LogP contribution is 2.23. The molecule has 0 saturated carbocycles. The first kappa shape index (κ1) is 20.6. The van der Waals surface area contributed by atoms with E-state index in [9.17, 15) is 14.7 Å². The fraction of sp³-hybridized carbons (Fsp3) is 0.417. The van der Waals surface area contributed by atoms with Crippen molar-refractivity contribution in [3.8, 4) is 5.75 Å². The second-order valence-corrected chi connectivity index (χ2v) is 8.08. The molecule has 0 aromatic heterocycles. The maximum Gasteiger partial charge on any atom is 0.261 e. The molecule has 0 aliphatic carbocycles. The Morgan fingerprint density at radius 2 is 1.80 bits per heavy atom. The van der Waals surface area contributed by atoms with Crippen LogP contribution < -0.4 is 4.74 Å². The summed E-state index contributed by atoms with van der Waals surface area (Å²) in [6.45, 7) is 3.88. The van der Waals surface area contributed by atoms with Gasteiger partial charge in [0, 0.05) is 26.2 Å². The van der Waals surface area contributed by atoms with Gasteiger partial charge in [-0.2, -0.15) is 0 Å². The average Bonchev–Trinajstić information content (AvgIpc) is 3.02.